The summed E-state index contributed by atoms with van der Waals surface area (Å²) < 4.78 is 28.4. The Morgan fingerprint density at radius 1 is 1.45 bits per heavy atom. The van der Waals surface area contributed by atoms with Crippen molar-refractivity contribution in [1.82, 2.24) is 10.2 Å². The number of aliphatic imine (C=N–C) groups is 1. The summed E-state index contributed by atoms with van der Waals surface area (Å²) in [5, 5.41) is 3.11. The second-order valence-corrected chi connectivity index (χ2v) is 4.10. The molecular weight excluding hydrogens is 264 g/mol. The second kappa shape index (κ2) is 8.14. The third-order valence-corrected chi connectivity index (χ3v) is 2.55. The molecule has 1 aromatic rings. The summed E-state index contributed by atoms with van der Waals surface area (Å²) in [6, 6.07) is 6.54. The zero-order valence-corrected chi connectivity index (χ0v) is 11.6. The van der Waals surface area contributed by atoms with Crippen molar-refractivity contribution in [2.24, 2.45) is 4.99 Å². The Morgan fingerprint density at radius 2 is 2.10 bits per heavy atom. The molecule has 110 valence electrons. The van der Waals surface area contributed by atoms with Gasteiger partial charge in [-0.1, -0.05) is 18.2 Å². The fraction of sp³-hybridized carbons (Fsp3) is 0.357. The van der Waals surface area contributed by atoms with Crippen LogP contribution >= 0.6 is 0 Å². The van der Waals surface area contributed by atoms with Crippen molar-refractivity contribution in [3.05, 3.63) is 42.5 Å². The summed E-state index contributed by atoms with van der Waals surface area (Å²) in [6.45, 7) is 2.06. The number of halogens is 2. The van der Waals surface area contributed by atoms with E-state index in [0.717, 1.165) is 11.5 Å². The summed E-state index contributed by atoms with van der Waals surface area (Å²) in [4.78, 5) is 6.06. The van der Waals surface area contributed by atoms with Gasteiger partial charge in [-0.25, -0.2) is 0 Å². The molecule has 0 atom stereocenters. The highest BCUT2D eigenvalue weighted by molar-refractivity contribution is 5.79. The van der Waals surface area contributed by atoms with Crippen molar-refractivity contribution in [2.75, 3.05) is 20.6 Å². The number of hydrogen-bond acceptors (Lipinski definition) is 2. The van der Waals surface area contributed by atoms with Crippen molar-refractivity contribution >= 4 is 5.96 Å². The summed E-state index contributed by atoms with van der Waals surface area (Å²) >= 11 is 0. The quantitative estimate of drug-likeness (QED) is 0.495. The van der Waals surface area contributed by atoms with Gasteiger partial charge in [0, 0.05) is 27.2 Å². The van der Waals surface area contributed by atoms with E-state index >= 15 is 0 Å². The highest BCUT2D eigenvalue weighted by Gasteiger charge is 2.07. The standard InChI is InChI=1S/C14H19F2N3O/c1-4-9-18-14(17-2)19(3)10-11-5-7-12(8-6-11)20-13(15)16/h4-8,13H,1,9-10H2,2-3H3,(H,17,18). The van der Waals surface area contributed by atoms with Gasteiger partial charge >= 0.3 is 6.61 Å². The minimum Gasteiger partial charge on any atom is -0.435 e. The maximum absolute atomic E-state index is 12.0. The molecule has 0 aliphatic carbocycles. The van der Waals surface area contributed by atoms with E-state index in [4.69, 9.17) is 0 Å². The molecule has 4 nitrogen and oxygen atoms in total. The molecule has 0 spiro atoms. The normalized spacial score (nSPS) is 11.3. The summed E-state index contributed by atoms with van der Waals surface area (Å²) in [7, 11) is 3.59. The van der Waals surface area contributed by atoms with E-state index in [0.29, 0.717) is 13.1 Å². The number of alkyl halides is 2. The van der Waals surface area contributed by atoms with Crippen molar-refractivity contribution in [2.45, 2.75) is 13.2 Å². The third kappa shape index (κ3) is 5.26. The first-order chi connectivity index (χ1) is 9.56. The molecule has 0 heterocycles. The summed E-state index contributed by atoms with van der Waals surface area (Å²) in [5.41, 5.74) is 0.968. The van der Waals surface area contributed by atoms with E-state index in [-0.39, 0.29) is 5.75 Å². The maximum Gasteiger partial charge on any atom is 0.387 e. The third-order valence-electron chi connectivity index (χ3n) is 2.55. The molecule has 0 saturated heterocycles. The van der Waals surface area contributed by atoms with Gasteiger partial charge in [0.25, 0.3) is 0 Å². The van der Waals surface area contributed by atoms with Crippen molar-refractivity contribution in [1.29, 1.82) is 0 Å². The van der Waals surface area contributed by atoms with Crippen LogP contribution in [0.4, 0.5) is 8.78 Å². The first-order valence-electron chi connectivity index (χ1n) is 6.13. The molecule has 1 aromatic carbocycles. The molecule has 0 radical (unpaired) electrons. The molecule has 0 saturated carbocycles. The van der Waals surface area contributed by atoms with E-state index < -0.39 is 6.61 Å². The van der Waals surface area contributed by atoms with Crippen molar-refractivity contribution in [3.63, 3.8) is 0 Å². The van der Waals surface area contributed by atoms with E-state index in [9.17, 15) is 8.78 Å². The van der Waals surface area contributed by atoms with E-state index in [2.05, 4.69) is 21.6 Å². The van der Waals surface area contributed by atoms with E-state index in [1.807, 2.05) is 11.9 Å². The van der Waals surface area contributed by atoms with E-state index in [1.54, 1.807) is 25.3 Å². The summed E-state index contributed by atoms with van der Waals surface area (Å²) in [5.74, 6) is 0.887. The average Bonchev–Trinajstić information content (AvgIpc) is 2.41. The lowest BCUT2D eigenvalue weighted by molar-refractivity contribution is -0.0498. The molecule has 0 aliphatic rings. The van der Waals surface area contributed by atoms with Gasteiger partial charge in [-0.3, -0.25) is 4.99 Å². The van der Waals surface area contributed by atoms with Crippen LogP contribution in [0, 0.1) is 0 Å². The number of rotatable bonds is 6. The number of ether oxygens (including phenoxy) is 1. The first-order valence-corrected chi connectivity index (χ1v) is 6.13. The van der Waals surface area contributed by atoms with Gasteiger partial charge in [0.2, 0.25) is 0 Å². The van der Waals surface area contributed by atoms with Crippen molar-refractivity contribution in [3.8, 4) is 5.75 Å². The fourth-order valence-corrected chi connectivity index (χ4v) is 1.67. The van der Waals surface area contributed by atoms with Crippen LogP contribution in [0.25, 0.3) is 0 Å². The molecule has 1 N–H and O–H groups in total. The van der Waals surface area contributed by atoms with Crippen LogP contribution in [0.1, 0.15) is 5.56 Å². The molecule has 0 bridgehead atoms. The monoisotopic (exact) mass is 283 g/mol. The molecule has 0 fully saturated rings. The zero-order chi connectivity index (χ0) is 15.0. The number of nitrogens with one attached hydrogen (secondary N) is 1. The lowest BCUT2D eigenvalue weighted by Gasteiger charge is -2.21. The Kier molecular flexibility index (Phi) is 6.49. The molecule has 0 amide bonds. The van der Waals surface area contributed by atoms with Crippen LogP contribution in [0.3, 0.4) is 0 Å². The van der Waals surface area contributed by atoms with Crippen LogP contribution in [-0.4, -0.2) is 38.1 Å². The smallest absolute Gasteiger partial charge is 0.387 e. The molecule has 1 rings (SSSR count). The van der Waals surface area contributed by atoms with Gasteiger partial charge in [-0.2, -0.15) is 8.78 Å². The largest absolute Gasteiger partial charge is 0.435 e. The molecule has 0 aliphatic heterocycles. The Hall–Kier alpha value is -2.11. The summed E-state index contributed by atoms with van der Waals surface area (Å²) in [6.07, 6.45) is 1.75. The predicted molar refractivity (Wildman–Crippen MR) is 76.1 cm³/mol. The Balaban J connectivity index is 2.60. The predicted octanol–water partition coefficient (Wildman–Crippen LogP) is 2.48. The van der Waals surface area contributed by atoms with Gasteiger partial charge < -0.3 is 15.0 Å². The molecular formula is C14H19F2N3O. The second-order valence-electron chi connectivity index (χ2n) is 4.10. The lowest BCUT2D eigenvalue weighted by atomic mass is 10.2. The van der Waals surface area contributed by atoms with Gasteiger partial charge in [0.1, 0.15) is 5.75 Å². The Morgan fingerprint density at radius 3 is 2.60 bits per heavy atom. The fourth-order valence-electron chi connectivity index (χ4n) is 1.67. The molecule has 0 aromatic heterocycles. The van der Waals surface area contributed by atoms with E-state index in [1.165, 1.54) is 12.1 Å². The minimum atomic E-state index is -2.80. The van der Waals surface area contributed by atoms with Gasteiger partial charge in [-0.15, -0.1) is 6.58 Å². The lowest BCUT2D eigenvalue weighted by Crippen LogP contribution is -2.38. The van der Waals surface area contributed by atoms with Gasteiger partial charge in [0.05, 0.1) is 0 Å². The maximum atomic E-state index is 12.0. The number of nitrogens with zero attached hydrogens (tertiary/aromatic N) is 2. The van der Waals surface area contributed by atoms with Crippen LogP contribution < -0.4 is 10.1 Å². The highest BCUT2D eigenvalue weighted by Crippen LogP contribution is 2.15. The Labute approximate surface area is 117 Å². The topological polar surface area (TPSA) is 36.9 Å². The Bertz CT molecular complexity index is 446. The number of benzene rings is 1. The zero-order valence-electron chi connectivity index (χ0n) is 11.6. The van der Waals surface area contributed by atoms with Crippen LogP contribution in [0.2, 0.25) is 0 Å². The molecule has 0 unspecified atom stereocenters. The average molecular weight is 283 g/mol. The van der Waals surface area contributed by atoms with Crippen LogP contribution in [0.15, 0.2) is 41.9 Å². The van der Waals surface area contributed by atoms with Gasteiger partial charge in [0.15, 0.2) is 5.96 Å². The first kappa shape index (κ1) is 15.9. The SMILES string of the molecule is C=CCNC(=NC)N(C)Cc1ccc(OC(F)F)cc1. The van der Waals surface area contributed by atoms with Gasteiger partial charge in [-0.05, 0) is 17.7 Å². The molecule has 6 heteroatoms. The van der Waals surface area contributed by atoms with Crippen LogP contribution in [-0.2, 0) is 6.54 Å². The highest BCUT2D eigenvalue weighted by atomic mass is 19.3. The molecule has 20 heavy (non-hydrogen) atoms. The number of guanidine groups is 1. The van der Waals surface area contributed by atoms with Crippen molar-refractivity contribution < 1.29 is 13.5 Å². The minimum absolute atomic E-state index is 0.153. The van der Waals surface area contributed by atoms with Crippen LogP contribution in [0.5, 0.6) is 5.75 Å². The number of hydrogen-bond donors (Lipinski definition) is 1.